The molecule has 5 nitrogen and oxygen atoms in total. The molecule has 2 aromatic rings. The van der Waals surface area contributed by atoms with Crippen molar-refractivity contribution in [2.24, 2.45) is 0 Å². The van der Waals surface area contributed by atoms with Crippen LogP contribution in [0.3, 0.4) is 0 Å². The average Bonchev–Trinajstić information content (AvgIpc) is 3.05. The topological polar surface area (TPSA) is 52.9 Å². The maximum atomic E-state index is 12.2. The summed E-state index contributed by atoms with van der Waals surface area (Å²) < 4.78 is 1.94. The second kappa shape index (κ2) is 7.45. The van der Waals surface area contributed by atoms with E-state index in [9.17, 15) is 4.79 Å². The van der Waals surface area contributed by atoms with Gasteiger partial charge in [0.2, 0.25) is 12.2 Å². The number of piperidine rings is 1. The van der Waals surface area contributed by atoms with E-state index < -0.39 is 0 Å². The summed E-state index contributed by atoms with van der Waals surface area (Å²) in [5, 5.41) is 4.00. The number of aromatic amines is 1. The van der Waals surface area contributed by atoms with E-state index in [1.54, 1.807) is 18.1 Å². The molecule has 0 spiro atoms. The first-order chi connectivity index (χ1) is 10.8. The van der Waals surface area contributed by atoms with E-state index in [4.69, 9.17) is 0 Å². The van der Waals surface area contributed by atoms with Gasteiger partial charge in [-0.1, -0.05) is 18.2 Å². The molecular formula is C16H21N4OS+. The lowest BCUT2D eigenvalue weighted by molar-refractivity contribution is -0.694. The lowest BCUT2D eigenvalue weighted by Gasteiger charge is -2.26. The number of H-pyrrole nitrogens is 1. The summed E-state index contributed by atoms with van der Waals surface area (Å²) in [7, 11) is 0. The standard InChI is InChI=1S/C16H20N4OS/c21-15(19-10-5-2-6-11-19)9-12-22-16-17-13-18-20(16)14-7-3-1-4-8-14/h1,3-4,7-8,13H,2,5-6,9-12H2/p+1. The predicted molar refractivity (Wildman–Crippen MR) is 85.9 cm³/mol. The molecule has 1 saturated heterocycles. The number of thioether (sulfide) groups is 1. The van der Waals surface area contributed by atoms with Crippen LogP contribution in [0.25, 0.3) is 5.69 Å². The molecule has 0 atom stereocenters. The van der Waals surface area contributed by atoms with E-state index in [2.05, 4.69) is 10.1 Å². The predicted octanol–water partition coefficient (Wildman–Crippen LogP) is 2.18. The maximum Gasteiger partial charge on any atom is 0.385 e. The largest absolute Gasteiger partial charge is 0.385 e. The highest BCUT2D eigenvalue weighted by Crippen LogP contribution is 2.15. The van der Waals surface area contributed by atoms with Gasteiger partial charge in [0.1, 0.15) is 0 Å². The highest BCUT2D eigenvalue weighted by atomic mass is 32.2. The van der Waals surface area contributed by atoms with Crippen LogP contribution in [0.2, 0.25) is 0 Å². The Balaban J connectivity index is 1.54. The molecule has 2 heterocycles. The summed E-state index contributed by atoms with van der Waals surface area (Å²) in [6.45, 7) is 1.85. The Hall–Kier alpha value is -1.82. The number of rotatable bonds is 5. The third-order valence-electron chi connectivity index (χ3n) is 3.82. The van der Waals surface area contributed by atoms with Crippen LogP contribution < -0.4 is 4.68 Å². The Morgan fingerprint density at radius 3 is 2.77 bits per heavy atom. The number of benzene rings is 1. The number of aromatic nitrogens is 3. The first-order valence-corrected chi connectivity index (χ1v) is 8.74. The zero-order valence-corrected chi connectivity index (χ0v) is 13.4. The normalized spacial score (nSPS) is 15.0. The number of hydrogen-bond donors (Lipinski definition) is 1. The molecule has 1 aliphatic rings. The second-order valence-electron chi connectivity index (χ2n) is 5.38. The van der Waals surface area contributed by atoms with Crippen molar-refractivity contribution < 1.29 is 9.48 Å². The highest BCUT2D eigenvalue weighted by molar-refractivity contribution is 7.99. The van der Waals surface area contributed by atoms with Crippen LogP contribution in [-0.2, 0) is 4.79 Å². The fraction of sp³-hybridized carbons (Fsp3) is 0.438. The van der Waals surface area contributed by atoms with Gasteiger partial charge in [0.05, 0.1) is 0 Å². The number of amides is 1. The minimum absolute atomic E-state index is 0.272. The zero-order valence-electron chi connectivity index (χ0n) is 12.6. The van der Waals surface area contributed by atoms with Crippen LogP contribution in [0.1, 0.15) is 25.7 Å². The molecule has 116 valence electrons. The van der Waals surface area contributed by atoms with Crippen LogP contribution in [0.4, 0.5) is 0 Å². The van der Waals surface area contributed by atoms with Crippen molar-refractivity contribution in [3.8, 4) is 5.69 Å². The zero-order chi connectivity index (χ0) is 15.2. The van der Waals surface area contributed by atoms with Gasteiger partial charge >= 0.3 is 5.16 Å². The molecule has 1 aliphatic heterocycles. The lowest BCUT2D eigenvalue weighted by Crippen LogP contribution is -2.36. The van der Waals surface area contributed by atoms with Crippen molar-refractivity contribution in [2.75, 3.05) is 18.8 Å². The molecule has 0 unspecified atom stereocenters. The molecule has 1 fully saturated rings. The number of para-hydroxylation sites is 1. The van der Waals surface area contributed by atoms with Gasteiger partial charge in [0.15, 0.2) is 5.69 Å². The van der Waals surface area contributed by atoms with Gasteiger partial charge < -0.3 is 4.90 Å². The van der Waals surface area contributed by atoms with E-state index in [1.807, 2.05) is 39.9 Å². The molecule has 3 rings (SSSR count). The number of likely N-dealkylation sites (tertiary alicyclic amines) is 1. The summed E-state index contributed by atoms with van der Waals surface area (Å²) >= 11 is 1.61. The highest BCUT2D eigenvalue weighted by Gasteiger charge is 2.19. The first kappa shape index (κ1) is 15.1. The number of carbonyl (C=O) groups excluding carboxylic acids is 1. The van der Waals surface area contributed by atoms with Crippen molar-refractivity contribution in [3.05, 3.63) is 36.7 Å². The molecule has 1 aromatic carbocycles. The Bertz CT molecular complexity index is 608. The van der Waals surface area contributed by atoms with Gasteiger partial charge in [-0.3, -0.25) is 4.79 Å². The number of nitrogens with one attached hydrogen (secondary N) is 1. The van der Waals surface area contributed by atoms with Crippen LogP contribution >= 0.6 is 11.8 Å². The lowest BCUT2D eigenvalue weighted by atomic mass is 10.1. The van der Waals surface area contributed by atoms with Gasteiger partial charge in [-0.2, -0.15) is 5.10 Å². The fourth-order valence-electron chi connectivity index (χ4n) is 2.65. The third-order valence-corrected chi connectivity index (χ3v) is 4.78. The van der Waals surface area contributed by atoms with E-state index in [0.717, 1.165) is 42.5 Å². The van der Waals surface area contributed by atoms with Gasteiger partial charge in [0, 0.05) is 25.3 Å². The minimum Gasteiger partial charge on any atom is -0.343 e. The van der Waals surface area contributed by atoms with Crippen LogP contribution in [0.15, 0.2) is 41.8 Å². The number of nitrogens with zero attached hydrogens (tertiary/aromatic N) is 3. The van der Waals surface area contributed by atoms with Crippen molar-refractivity contribution in [1.82, 2.24) is 15.0 Å². The average molecular weight is 317 g/mol. The molecule has 1 N–H and O–H groups in total. The Labute approximate surface area is 134 Å². The van der Waals surface area contributed by atoms with E-state index >= 15 is 0 Å². The third kappa shape index (κ3) is 3.68. The molecule has 0 aliphatic carbocycles. The smallest absolute Gasteiger partial charge is 0.343 e. The Kier molecular flexibility index (Phi) is 5.11. The van der Waals surface area contributed by atoms with Crippen LogP contribution in [0, 0.1) is 0 Å². The summed E-state index contributed by atoms with van der Waals surface area (Å²) in [5.74, 6) is 1.03. The number of carbonyl (C=O) groups is 1. The first-order valence-electron chi connectivity index (χ1n) is 7.76. The van der Waals surface area contributed by atoms with E-state index in [-0.39, 0.29) is 5.91 Å². The van der Waals surface area contributed by atoms with E-state index in [0.29, 0.717) is 6.42 Å². The fourth-order valence-corrected chi connectivity index (χ4v) is 3.52. The second-order valence-corrected chi connectivity index (χ2v) is 6.44. The Morgan fingerprint density at radius 2 is 2.00 bits per heavy atom. The van der Waals surface area contributed by atoms with Gasteiger partial charge in [0.25, 0.3) is 0 Å². The molecular weight excluding hydrogens is 296 g/mol. The number of hydrogen-bond acceptors (Lipinski definition) is 3. The summed E-state index contributed by atoms with van der Waals surface area (Å²) in [6, 6.07) is 10.0. The molecule has 22 heavy (non-hydrogen) atoms. The van der Waals surface area contributed by atoms with Crippen molar-refractivity contribution >= 4 is 17.7 Å². The molecule has 0 radical (unpaired) electrons. The van der Waals surface area contributed by atoms with E-state index in [1.165, 1.54) is 6.42 Å². The molecule has 0 bridgehead atoms. The van der Waals surface area contributed by atoms with Crippen molar-refractivity contribution in [3.63, 3.8) is 0 Å². The Morgan fingerprint density at radius 1 is 1.23 bits per heavy atom. The maximum absolute atomic E-state index is 12.2. The minimum atomic E-state index is 0.272. The molecule has 1 aromatic heterocycles. The quantitative estimate of drug-likeness (QED) is 0.679. The molecule has 6 heteroatoms. The molecule has 1 amide bonds. The van der Waals surface area contributed by atoms with Gasteiger partial charge in [-0.15, -0.1) is 4.68 Å². The van der Waals surface area contributed by atoms with Gasteiger partial charge in [-0.05, 0) is 48.1 Å². The van der Waals surface area contributed by atoms with Crippen molar-refractivity contribution in [1.29, 1.82) is 0 Å². The SMILES string of the molecule is O=C(CCSc1nc[nH][n+]1-c1ccccc1)N1CCCCC1. The van der Waals surface area contributed by atoms with Crippen LogP contribution in [-0.4, -0.2) is 39.7 Å². The van der Waals surface area contributed by atoms with Crippen LogP contribution in [0.5, 0.6) is 0 Å². The van der Waals surface area contributed by atoms with Gasteiger partial charge in [-0.25, -0.2) is 0 Å². The molecule has 0 saturated carbocycles. The monoisotopic (exact) mass is 317 g/mol. The summed E-state index contributed by atoms with van der Waals surface area (Å²) in [4.78, 5) is 18.5. The summed E-state index contributed by atoms with van der Waals surface area (Å²) in [5.41, 5.74) is 1.05. The van der Waals surface area contributed by atoms with Crippen molar-refractivity contribution in [2.45, 2.75) is 30.8 Å². The summed E-state index contributed by atoms with van der Waals surface area (Å²) in [6.07, 6.45) is 5.80.